The van der Waals surface area contributed by atoms with Gasteiger partial charge in [0.25, 0.3) is 0 Å². The monoisotopic (exact) mass is 243 g/mol. The zero-order valence-electron chi connectivity index (χ0n) is 9.93. The Labute approximate surface area is 99.0 Å². The summed E-state index contributed by atoms with van der Waals surface area (Å²) in [5, 5.41) is 3.15. The fourth-order valence-electron chi connectivity index (χ4n) is 2.31. The smallest absolute Gasteiger partial charge is 0.194 e. The van der Waals surface area contributed by atoms with Crippen LogP contribution in [0.2, 0.25) is 0 Å². The molecule has 0 bridgehead atoms. The van der Waals surface area contributed by atoms with E-state index in [9.17, 15) is 13.2 Å². The van der Waals surface area contributed by atoms with Crippen LogP contribution in [0.5, 0.6) is 0 Å². The number of hydrogen-bond donors (Lipinski definition) is 1. The van der Waals surface area contributed by atoms with Gasteiger partial charge in [0.05, 0.1) is 0 Å². The van der Waals surface area contributed by atoms with Crippen molar-refractivity contribution in [2.24, 2.45) is 11.8 Å². The molecule has 0 heterocycles. The van der Waals surface area contributed by atoms with Crippen LogP contribution in [0, 0.1) is 29.3 Å². The first-order valence-electron chi connectivity index (χ1n) is 5.93. The minimum Gasteiger partial charge on any atom is -0.310 e. The van der Waals surface area contributed by atoms with Crippen LogP contribution in [0.15, 0.2) is 12.1 Å². The zero-order valence-corrected chi connectivity index (χ0v) is 9.93. The molecule has 0 aromatic heterocycles. The Morgan fingerprint density at radius 2 is 1.94 bits per heavy atom. The van der Waals surface area contributed by atoms with E-state index in [0.29, 0.717) is 18.4 Å². The SMILES string of the molecule is CCNC(c1ccc(F)c(F)c1F)C1CC1C. The first kappa shape index (κ1) is 12.4. The minimum atomic E-state index is -1.38. The van der Waals surface area contributed by atoms with Gasteiger partial charge in [-0.05, 0) is 30.9 Å². The molecule has 0 aliphatic heterocycles. The van der Waals surface area contributed by atoms with Crippen LogP contribution in [0.1, 0.15) is 31.9 Å². The molecule has 1 aliphatic carbocycles. The van der Waals surface area contributed by atoms with Crippen molar-refractivity contribution in [1.29, 1.82) is 0 Å². The predicted molar refractivity (Wildman–Crippen MR) is 60.0 cm³/mol. The van der Waals surface area contributed by atoms with Gasteiger partial charge in [0.1, 0.15) is 0 Å². The molecule has 1 aliphatic rings. The van der Waals surface area contributed by atoms with Gasteiger partial charge in [-0.2, -0.15) is 0 Å². The van der Waals surface area contributed by atoms with Crippen molar-refractivity contribution in [2.45, 2.75) is 26.3 Å². The second kappa shape index (κ2) is 4.69. The molecule has 1 aromatic carbocycles. The molecule has 0 radical (unpaired) electrons. The molecule has 17 heavy (non-hydrogen) atoms. The van der Waals surface area contributed by atoms with Crippen molar-refractivity contribution in [3.05, 3.63) is 35.1 Å². The lowest BCUT2D eigenvalue weighted by Gasteiger charge is -2.19. The minimum absolute atomic E-state index is 0.218. The molecule has 1 aromatic rings. The molecule has 94 valence electrons. The van der Waals surface area contributed by atoms with Gasteiger partial charge in [0.15, 0.2) is 17.5 Å². The van der Waals surface area contributed by atoms with Crippen LogP contribution in [-0.4, -0.2) is 6.54 Å². The largest absolute Gasteiger partial charge is 0.310 e. The highest BCUT2D eigenvalue weighted by atomic mass is 19.2. The normalized spacial score (nSPS) is 24.8. The Balaban J connectivity index is 2.33. The number of nitrogens with one attached hydrogen (secondary N) is 1. The summed E-state index contributed by atoms with van der Waals surface area (Å²) >= 11 is 0. The topological polar surface area (TPSA) is 12.0 Å². The van der Waals surface area contributed by atoms with Gasteiger partial charge >= 0.3 is 0 Å². The van der Waals surface area contributed by atoms with Crippen molar-refractivity contribution < 1.29 is 13.2 Å². The van der Waals surface area contributed by atoms with E-state index in [2.05, 4.69) is 12.2 Å². The van der Waals surface area contributed by atoms with Gasteiger partial charge in [-0.25, -0.2) is 13.2 Å². The maximum atomic E-state index is 13.7. The Kier molecular flexibility index (Phi) is 3.43. The maximum Gasteiger partial charge on any atom is 0.194 e. The lowest BCUT2D eigenvalue weighted by atomic mass is 10.00. The Hall–Kier alpha value is -1.03. The van der Waals surface area contributed by atoms with Crippen LogP contribution >= 0.6 is 0 Å². The summed E-state index contributed by atoms with van der Waals surface area (Å²) in [7, 11) is 0. The van der Waals surface area contributed by atoms with Gasteiger partial charge in [-0.3, -0.25) is 0 Å². The summed E-state index contributed by atoms with van der Waals surface area (Å²) in [5.41, 5.74) is 0.236. The Bertz CT molecular complexity index is 419. The van der Waals surface area contributed by atoms with Crippen molar-refractivity contribution >= 4 is 0 Å². The number of halogens is 3. The highest BCUT2D eigenvalue weighted by molar-refractivity contribution is 5.25. The first-order chi connectivity index (χ1) is 8.06. The lowest BCUT2D eigenvalue weighted by molar-refractivity contribution is 0.408. The molecule has 1 saturated carbocycles. The lowest BCUT2D eigenvalue weighted by Crippen LogP contribution is -2.24. The number of hydrogen-bond acceptors (Lipinski definition) is 1. The second-order valence-electron chi connectivity index (χ2n) is 4.68. The highest BCUT2D eigenvalue weighted by Gasteiger charge is 2.41. The highest BCUT2D eigenvalue weighted by Crippen LogP contribution is 2.47. The van der Waals surface area contributed by atoms with Crippen molar-refractivity contribution in [2.75, 3.05) is 6.54 Å². The zero-order chi connectivity index (χ0) is 12.6. The predicted octanol–water partition coefficient (Wildman–Crippen LogP) is 3.41. The van der Waals surface area contributed by atoms with Crippen LogP contribution < -0.4 is 5.32 Å². The Morgan fingerprint density at radius 3 is 2.47 bits per heavy atom. The molecule has 4 heteroatoms. The standard InChI is InChI=1S/C13H16F3N/c1-3-17-13(9-6-7(9)2)8-4-5-10(14)12(16)11(8)15/h4-5,7,9,13,17H,3,6H2,1-2H3. The summed E-state index contributed by atoms with van der Waals surface area (Å²) in [5.74, 6) is -2.75. The Morgan fingerprint density at radius 1 is 1.29 bits per heavy atom. The number of benzene rings is 1. The molecule has 0 saturated heterocycles. The second-order valence-corrected chi connectivity index (χ2v) is 4.68. The van der Waals surface area contributed by atoms with Gasteiger partial charge in [0, 0.05) is 11.6 Å². The molecule has 0 amide bonds. The van der Waals surface area contributed by atoms with E-state index in [0.717, 1.165) is 12.5 Å². The summed E-state index contributed by atoms with van der Waals surface area (Å²) in [6.45, 7) is 4.66. The van der Waals surface area contributed by atoms with Crippen LogP contribution in [-0.2, 0) is 0 Å². The molecular formula is C13H16F3N. The van der Waals surface area contributed by atoms with Gasteiger partial charge in [-0.15, -0.1) is 0 Å². The summed E-state index contributed by atoms with van der Waals surface area (Å²) in [6, 6.07) is 2.11. The molecule has 3 atom stereocenters. The van der Waals surface area contributed by atoms with E-state index in [4.69, 9.17) is 0 Å². The third kappa shape index (κ3) is 2.32. The van der Waals surface area contributed by atoms with Gasteiger partial charge < -0.3 is 5.32 Å². The summed E-state index contributed by atoms with van der Waals surface area (Å²) in [4.78, 5) is 0. The molecule has 1 N–H and O–H groups in total. The van der Waals surface area contributed by atoms with Crippen LogP contribution in [0.3, 0.4) is 0 Å². The average molecular weight is 243 g/mol. The quantitative estimate of drug-likeness (QED) is 0.799. The first-order valence-corrected chi connectivity index (χ1v) is 5.93. The van der Waals surface area contributed by atoms with E-state index >= 15 is 0 Å². The summed E-state index contributed by atoms with van der Waals surface area (Å²) in [6.07, 6.45) is 0.996. The van der Waals surface area contributed by atoms with E-state index in [-0.39, 0.29) is 11.6 Å². The summed E-state index contributed by atoms with van der Waals surface area (Å²) < 4.78 is 39.8. The van der Waals surface area contributed by atoms with Crippen molar-refractivity contribution in [3.63, 3.8) is 0 Å². The molecule has 3 unspecified atom stereocenters. The van der Waals surface area contributed by atoms with Gasteiger partial charge in [0.2, 0.25) is 0 Å². The fraction of sp³-hybridized carbons (Fsp3) is 0.538. The number of rotatable bonds is 4. The van der Waals surface area contributed by atoms with Crippen LogP contribution in [0.4, 0.5) is 13.2 Å². The van der Waals surface area contributed by atoms with E-state index < -0.39 is 17.5 Å². The van der Waals surface area contributed by atoms with Crippen LogP contribution in [0.25, 0.3) is 0 Å². The third-order valence-corrected chi connectivity index (χ3v) is 3.42. The molecule has 2 rings (SSSR count). The molecule has 1 fully saturated rings. The van der Waals surface area contributed by atoms with Gasteiger partial charge in [-0.1, -0.05) is 19.9 Å². The maximum absolute atomic E-state index is 13.7. The van der Waals surface area contributed by atoms with E-state index in [1.165, 1.54) is 6.07 Å². The van der Waals surface area contributed by atoms with E-state index in [1.54, 1.807) is 0 Å². The molecule has 0 spiro atoms. The average Bonchev–Trinajstić information content (AvgIpc) is 3.01. The molecule has 1 nitrogen and oxygen atoms in total. The van der Waals surface area contributed by atoms with E-state index in [1.807, 2.05) is 6.92 Å². The molecular weight excluding hydrogens is 227 g/mol. The fourth-order valence-corrected chi connectivity index (χ4v) is 2.31. The third-order valence-electron chi connectivity index (χ3n) is 3.42. The van der Waals surface area contributed by atoms with Crippen molar-refractivity contribution in [1.82, 2.24) is 5.32 Å². The van der Waals surface area contributed by atoms with Crippen molar-refractivity contribution in [3.8, 4) is 0 Å².